The van der Waals surface area contributed by atoms with Crippen molar-refractivity contribution in [1.82, 2.24) is 0 Å². The summed E-state index contributed by atoms with van der Waals surface area (Å²) in [5.74, 6) is 1.00. The van der Waals surface area contributed by atoms with Gasteiger partial charge in [0.05, 0.1) is 7.11 Å². The minimum Gasteiger partial charge on any atom is -0.504 e. The van der Waals surface area contributed by atoms with Crippen molar-refractivity contribution in [2.75, 3.05) is 7.11 Å². The van der Waals surface area contributed by atoms with E-state index in [1.165, 1.54) is 25.7 Å². The Morgan fingerprint density at radius 2 is 1.86 bits per heavy atom. The van der Waals surface area contributed by atoms with E-state index in [2.05, 4.69) is 0 Å². The summed E-state index contributed by atoms with van der Waals surface area (Å²) in [6.45, 7) is 0. The molecule has 1 aliphatic heterocycles. The number of esters is 1. The Morgan fingerprint density at radius 1 is 1.07 bits per heavy atom. The highest BCUT2D eigenvalue weighted by Gasteiger charge is 2.42. The second-order valence-electron chi connectivity index (χ2n) is 6.97. The first kappa shape index (κ1) is 18.2. The number of aromatic hydroxyl groups is 1. The summed E-state index contributed by atoms with van der Waals surface area (Å²) in [7, 11) is 1.47. The highest BCUT2D eigenvalue weighted by molar-refractivity contribution is 5.89. The molecule has 28 heavy (non-hydrogen) atoms. The standard InChI is InChI=1S/C22H22O6/c1-25-19-13-15(5-8-17(19)23)6-10-21(24)26-16-7-9-18-20(14-16)28-22(27-18)11-3-2-4-12-22/h5-10,13-14,23H,2-4,11-12H2,1H3. The van der Waals surface area contributed by atoms with Gasteiger partial charge in [0.15, 0.2) is 23.0 Å². The van der Waals surface area contributed by atoms with Crippen LogP contribution in [-0.4, -0.2) is 24.0 Å². The first-order valence-electron chi connectivity index (χ1n) is 9.36. The Morgan fingerprint density at radius 3 is 2.64 bits per heavy atom. The van der Waals surface area contributed by atoms with Gasteiger partial charge in [-0.15, -0.1) is 0 Å². The van der Waals surface area contributed by atoms with Crippen LogP contribution in [0.5, 0.6) is 28.7 Å². The molecule has 0 unspecified atom stereocenters. The molecule has 2 aromatic rings. The van der Waals surface area contributed by atoms with Gasteiger partial charge in [0, 0.05) is 25.0 Å². The van der Waals surface area contributed by atoms with E-state index in [1.807, 2.05) is 0 Å². The van der Waals surface area contributed by atoms with Gasteiger partial charge >= 0.3 is 5.97 Å². The van der Waals surface area contributed by atoms with Gasteiger partial charge in [-0.2, -0.15) is 0 Å². The van der Waals surface area contributed by atoms with Crippen LogP contribution >= 0.6 is 0 Å². The number of phenolic OH excluding ortho intramolecular Hbond substituents is 1. The van der Waals surface area contributed by atoms with E-state index in [-0.39, 0.29) is 5.75 Å². The average Bonchev–Trinajstić information content (AvgIpc) is 3.04. The molecule has 2 aromatic carbocycles. The molecule has 1 fully saturated rings. The van der Waals surface area contributed by atoms with E-state index in [1.54, 1.807) is 36.4 Å². The average molecular weight is 382 g/mol. The zero-order valence-corrected chi connectivity index (χ0v) is 15.6. The van der Waals surface area contributed by atoms with E-state index in [9.17, 15) is 9.90 Å². The monoisotopic (exact) mass is 382 g/mol. The molecule has 0 radical (unpaired) electrons. The van der Waals surface area contributed by atoms with Crippen LogP contribution in [0.2, 0.25) is 0 Å². The Hall–Kier alpha value is -3.15. The molecule has 4 rings (SSSR count). The molecular weight excluding hydrogens is 360 g/mol. The maximum Gasteiger partial charge on any atom is 0.336 e. The molecule has 6 heteroatoms. The van der Waals surface area contributed by atoms with Crippen LogP contribution in [0.3, 0.4) is 0 Å². The lowest BCUT2D eigenvalue weighted by atomic mass is 9.94. The normalized spacial score (nSPS) is 17.0. The Kier molecular flexibility index (Phi) is 4.86. The third kappa shape index (κ3) is 3.76. The second kappa shape index (κ2) is 7.46. The van der Waals surface area contributed by atoms with Gasteiger partial charge in [-0.05, 0) is 48.7 Å². The molecule has 0 bridgehead atoms. The second-order valence-corrected chi connectivity index (χ2v) is 6.97. The quantitative estimate of drug-likeness (QED) is 0.478. The fourth-order valence-electron chi connectivity index (χ4n) is 3.54. The number of carbonyl (C=O) groups excluding carboxylic acids is 1. The number of rotatable bonds is 4. The summed E-state index contributed by atoms with van der Waals surface area (Å²) in [5.41, 5.74) is 0.705. The lowest BCUT2D eigenvalue weighted by Gasteiger charge is -2.31. The van der Waals surface area contributed by atoms with Gasteiger partial charge < -0.3 is 24.1 Å². The third-order valence-electron chi connectivity index (χ3n) is 4.96. The summed E-state index contributed by atoms with van der Waals surface area (Å²) in [4.78, 5) is 12.1. The maximum atomic E-state index is 12.1. The number of methoxy groups -OCH3 is 1. The van der Waals surface area contributed by atoms with E-state index in [0.717, 1.165) is 25.7 Å². The van der Waals surface area contributed by atoms with E-state index in [4.69, 9.17) is 18.9 Å². The topological polar surface area (TPSA) is 74.2 Å². The number of ether oxygens (including phenoxy) is 4. The molecule has 0 aromatic heterocycles. The molecule has 1 aliphatic carbocycles. The van der Waals surface area contributed by atoms with Crippen molar-refractivity contribution < 1.29 is 28.8 Å². The number of benzene rings is 2. The van der Waals surface area contributed by atoms with Gasteiger partial charge in [-0.1, -0.05) is 12.5 Å². The summed E-state index contributed by atoms with van der Waals surface area (Å²) >= 11 is 0. The van der Waals surface area contributed by atoms with Crippen LogP contribution in [0.4, 0.5) is 0 Å². The lowest BCUT2D eigenvalue weighted by molar-refractivity contribution is -0.128. The summed E-state index contributed by atoms with van der Waals surface area (Å²) < 4.78 is 22.5. The number of hydrogen-bond acceptors (Lipinski definition) is 6. The third-order valence-corrected chi connectivity index (χ3v) is 4.96. The molecular formula is C22H22O6. The van der Waals surface area contributed by atoms with Crippen LogP contribution in [-0.2, 0) is 4.79 Å². The van der Waals surface area contributed by atoms with Gasteiger partial charge in [0.25, 0.3) is 5.79 Å². The summed E-state index contributed by atoms with van der Waals surface area (Å²) in [5, 5.41) is 9.61. The zero-order valence-electron chi connectivity index (χ0n) is 15.6. The minimum absolute atomic E-state index is 0.0401. The molecule has 6 nitrogen and oxygen atoms in total. The zero-order chi connectivity index (χ0) is 19.6. The number of hydrogen-bond donors (Lipinski definition) is 1. The van der Waals surface area contributed by atoms with Crippen molar-refractivity contribution in [3.05, 3.63) is 48.0 Å². The Balaban J connectivity index is 1.41. The van der Waals surface area contributed by atoms with Crippen molar-refractivity contribution in [2.24, 2.45) is 0 Å². The molecule has 0 amide bonds. The SMILES string of the molecule is COc1cc(C=CC(=O)Oc2ccc3c(c2)OC2(CCCCC2)O3)ccc1O. The van der Waals surface area contributed by atoms with E-state index in [0.29, 0.717) is 28.6 Å². The molecule has 1 spiro atoms. The largest absolute Gasteiger partial charge is 0.504 e. The van der Waals surface area contributed by atoms with E-state index < -0.39 is 11.8 Å². The fourth-order valence-corrected chi connectivity index (χ4v) is 3.54. The number of phenols is 1. The first-order valence-corrected chi connectivity index (χ1v) is 9.36. The van der Waals surface area contributed by atoms with Crippen molar-refractivity contribution in [1.29, 1.82) is 0 Å². The Bertz CT molecular complexity index is 911. The van der Waals surface area contributed by atoms with Crippen LogP contribution in [0.25, 0.3) is 6.08 Å². The van der Waals surface area contributed by atoms with Gasteiger partial charge in [0.2, 0.25) is 0 Å². The highest BCUT2D eigenvalue weighted by Crippen LogP contribution is 2.46. The molecule has 1 N–H and O–H groups in total. The Labute approximate surface area is 163 Å². The molecule has 0 atom stereocenters. The van der Waals surface area contributed by atoms with Gasteiger partial charge in [0.1, 0.15) is 5.75 Å². The molecule has 0 saturated heterocycles. The first-order chi connectivity index (χ1) is 13.6. The van der Waals surface area contributed by atoms with Crippen LogP contribution in [0, 0.1) is 0 Å². The molecule has 1 saturated carbocycles. The smallest absolute Gasteiger partial charge is 0.336 e. The van der Waals surface area contributed by atoms with Crippen LogP contribution in [0.15, 0.2) is 42.5 Å². The molecule has 146 valence electrons. The van der Waals surface area contributed by atoms with Crippen LogP contribution < -0.4 is 18.9 Å². The minimum atomic E-state index is -0.555. The summed E-state index contributed by atoms with van der Waals surface area (Å²) in [6, 6.07) is 9.96. The van der Waals surface area contributed by atoms with Crippen molar-refractivity contribution >= 4 is 12.0 Å². The van der Waals surface area contributed by atoms with Crippen molar-refractivity contribution in [2.45, 2.75) is 37.9 Å². The summed E-state index contributed by atoms with van der Waals surface area (Å²) in [6.07, 6.45) is 8.02. The lowest BCUT2D eigenvalue weighted by Crippen LogP contribution is -2.40. The predicted octanol–water partition coefficient (Wildman–Crippen LogP) is 4.45. The highest BCUT2D eigenvalue weighted by atomic mass is 16.7. The number of carbonyl (C=O) groups is 1. The predicted molar refractivity (Wildman–Crippen MR) is 103 cm³/mol. The van der Waals surface area contributed by atoms with E-state index >= 15 is 0 Å². The van der Waals surface area contributed by atoms with Gasteiger partial charge in [-0.3, -0.25) is 0 Å². The molecule has 2 aliphatic rings. The fraction of sp³-hybridized carbons (Fsp3) is 0.318. The molecule has 1 heterocycles. The van der Waals surface area contributed by atoms with Crippen molar-refractivity contribution in [3.63, 3.8) is 0 Å². The van der Waals surface area contributed by atoms with Crippen LogP contribution in [0.1, 0.15) is 37.7 Å². The van der Waals surface area contributed by atoms with Gasteiger partial charge in [-0.25, -0.2) is 4.79 Å². The maximum absolute atomic E-state index is 12.1. The number of fused-ring (bicyclic) bond motifs is 1. The van der Waals surface area contributed by atoms with Crippen molar-refractivity contribution in [3.8, 4) is 28.7 Å².